The lowest BCUT2D eigenvalue weighted by molar-refractivity contribution is -0.0299. The van der Waals surface area contributed by atoms with Crippen LogP contribution in [0, 0.1) is 0 Å². The van der Waals surface area contributed by atoms with Crippen LogP contribution in [-0.2, 0) is 11.3 Å². The van der Waals surface area contributed by atoms with Crippen LogP contribution in [0.4, 0.5) is 0 Å². The van der Waals surface area contributed by atoms with Crippen molar-refractivity contribution in [1.82, 2.24) is 15.1 Å². The summed E-state index contributed by atoms with van der Waals surface area (Å²) in [6.45, 7) is 10.6. The molecule has 0 radical (unpaired) electrons. The number of hydrogen-bond acceptors (Lipinski definition) is 3. The molecule has 0 amide bonds. The third-order valence-electron chi connectivity index (χ3n) is 3.82. The summed E-state index contributed by atoms with van der Waals surface area (Å²) in [5.74, 6) is 0. The van der Waals surface area contributed by atoms with E-state index in [1.165, 1.54) is 5.56 Å². The smallest absolute Gasteiger partial charge is 0.0843 e. The van der Waals surface area contributed by atoms with Gasteiger partial charge < -0.3 is 10.1 Å². The van der Waals surface area contributed by atoms with E-state index in [4.69, 9.17) is 4.74 Å². The van der Waals surface area contributed by atoms with Crippen molar-refractivity contribution in [2.75, 3.05) is 13.7 Å². The second-order valence-corrected chi connectivity index (χ2v) is 5.29. The lowest BCUT2D eigenvalue weighted by atomic mass is 9.89. The highest BCUT2D eigenvalue weighted by atomic mass is 16.5. The van der Waals surface area contributed by atoms with E-state index in [-0.39, 0.29) is 11.6 Å². The van der Waals surface area contributed by atoms with Crippen LogP contribution in [-0.4, -0.2) is 29.0 Å². The van der Waals surface area contributed by atoms with Gasteiger partial charge in [0.05, 0.1) is 17.8 Å². The Morgan fingerprint density at radius 3 is 2.63 bits per heavy atom. The molecule has 1 aromatic heterocycles. The van der Waals surface area contributed by atoms with Gasteiger partial charge in [0, 0.05) is 25.4 Å². The first-order chi connectivity index (χ1) is 9.11. The summed E-state index contributed by atoms with van der Waals surface area (Å²) >= 11 is 0. The molecule has 110 valence electrons. The molecule has 0 aliphatic heterocycles. The van der Waals surface area contributed by atoms with Gasteiger partial charge in [-0.15, -0.1) is 0 Å². The van der Waals surface area contributed by atoms with Crippen LogP contribution in [0.1, 0.15) is 58.6 Å². The highest BCUT2D eigenvalue weighted by Crippen LogP contribution is 2.31. The predicted octanol–water partition coefficient (Wildman–Crippen LogP) is 3.15. The second kappa shape index (κ2) is 7.65. The van der Waals surface area contributed by atoms with Crippen molar-refractivity contribution in [3.05, 3.63) is 18.0 Å². The van der Waals surface area contributed by atoms with Crippen molar-refractivity contribution in [3.8, 4) is 0 Å². The average molecular weight is 267 g/mol. The minimum Gasteiger partial charge on any atom is -0.377 e. The standard InChI is InChI=1S/C15H29N3O/c1-6-9-16-14(15(4,8-3)19-5)13-11-17-18(12-13)10-7-2/h11-12,14,16H,6-10H2,1-5H3. The molecule has 1 heterocycles. The molecule has 4 heteroatoms. The SMILES string of the molecule is CCCNC(c1cnn(CCC)c1)C(C)(CC)OC. The maximum absolute atomic E-state index is 5.77. The largest absolute Gasteiger partial charge is 0.377 e. The van der Waals surface area contributed by atoms with E-state index in [0.29, 0.717) is 0 Å². The van der Waals surface area contributed by atoms with Gasteiger partial charge in [-0.3, -0.25) is 4.68 Å². The van der Waals surface area contributed by atoms with Gasteiger partial charge in [0.25, 0.3) is 0 Å². The minimum absolute atomic E-state index is 0.188. The summed E-state index contributed by atoms with van der Waals surface area (Å²) < 4.78 is 7.79. The van der Waals surface area contributed by atoms with E-state index in [0.717, 1.165) is 32.4 Å². The Hall–Kier alpha value is -0.870. The van der Waals surface area contributed by atoms with E-state index in [1.807, 2.05) is 10.9 Å². The molecule has 0 aromatic carbocycles. The zero-order valence-electron chi connectivity index (χ0n) is 13.1. The molecule has 1 rings (SSSR count). The van der Waals surface area contributed by atoms with Gasteiger partial charge in [0.2, 0.25) is 0 Å². The summed E-state index contributed by atoms with van der Waals surface area (Å²) in [5.41, 5.74) is 1.02. The summed E-state index contributed by atoms with van der Waals surface area (Å²) in [6, 6.07) is 0.188. The van der Waals surface area contributed by atoms with Crippen LogP contribution in [0.3, 0.4) is 0 Å². The van der Waals surface area contributed by atoms with Gasteiger partial charge in [-0.1, -0.05) is 20.8 Å². The molecule has 2 unspecified atom stereocenters. The predicted molar refractivity (Wildman–Crippen MR) is 79.3 cm³/mol. The van der Waals surface area contributed by atoms with E-state index >= 15 is 0 Å². The monoisotopic (exact) mass is 267 g/mol. The molecule has 0 fully saturated rings. The van der Waals surface area contributed by atoms with Crippen LogP contribution in [0.15, 0.2) is 12.4 Å². The highest BCUT2D eigenvalue weighted by Gasteiger charge is 2.34. The first-order valence-electron chi connectivity index (χ1n) is 7.42. The number of nitrogens with zero attached hydrogens (tertiary/aromatic N) is 2. The first-order valence-corrected chi connectivity index (χ1v) is 7.42. The Kier molecular flexibility index (Phi) is 6.52. The molecule has 19 heavy (non-hydrogen) atoms. The van der Waals surface area contributed by atoms with E-state index in [9.17, 15) is 0 Å². The zero-order valence-corrected chi connectivity index (χ0v) is 13.1. The number of aryl methyl sites for hydroxylation is 1. The number of methoxy groups -OCH3 is 1. The maximum Gasteiger partial charge on any atom is 0.0843 e. The fourth-order valence-electron chi connectivity index (χ4n) is 2.32. The molecule has 0 aliphatic carbocycles. The van der Waals surface area contributed by atoms with Crippen LogP contribution < -0.4 is 5.32 Å². The molecule has 0 saturated heterocycles. The normalized spacial score (nSPS) is 16.3. The van der Waals surface area contributed by atoms with Crippen molar-refractivity contribution in [1.29, 1.82) is 0 Å². The van der Waals surface area contributed by atoms with Gasteiger partial charge >= 0.3 is 0 Å². The fourth-order valence-corrected chi connectivity index (χ4v) is 2.32. The molecular formula is C15H29N3O. The number of nitrogens with one attached hydrogen (secondary N) is 1. The van der Waals surface area contributed by atoms with Crippen LogP contribution >= 0.6 is 0 Å². The number of rotatable bonds is 9. The third-order valence-corrected chi connectivity index (χ3v) is 3.82. The molecule has 2 atom stereocenters. The van der Waals surface area contributed by atoms with Crippen molar-refractivity contribution < 1.29 is 4.74 Å². The van der Waals surface area contributed by atoms with Crippen LogP contribution in [0.2, 0.25) is 0 Å². The zero-order chi connectivity index (χ0) is 14.3. The summed E-state index contributed by atoms with van der Waals surface area (Å²) in [7, 11) is 1.79. The minimum atomic E-state index is -0.199. The summed E-state index contributed by atoms with van der Waals surface area (Å²) in [6.07, 6.45) is 7.29. The molecule has 0 spiro atoms. The van der Waals surface area contributed by atoms with Gasteiger partial charge in [-0.25, -0.2) is 0 Å². The quantitative estimate of drug-likeness (QED) is 0.747. The Bertz CT molecular complexity index is 358. The van der Waals surface area contributed by atoms with Gasteiger partial charge in [0.15, 0.2) is 0 Å². The van der Waals surface area contributed by atoms with Gasteiger partial charge in [0.1, 0.15) is 0 Å². The molecule has 4 nitrogen and oxygen atoms in total. The summed E-state index contributed by atoms with van der Waals surface area (Å²) in [5, 5.41) is 8.04. The number of hydrogen-bond donors (Lipinski definition) is 1. The Labute approximate surface area is 117 Å². The molecule has 1 N–H and O–H groups in total. The Morgan fingerprint density at radius 2 is 2.11 bits per heavy atom. The van der Waals surface area contributed by atoms with Crippen molar-refractivity contribution >= 4 is 0 Å². The van der Waals surface area contributed by atoms with Gasteiger partial charge in [-0.2, -0.15) is 5.10 Å². The molecule has 0 saturated carbocycles. The lowest BCUT2D eigenvalue weighted by Crippen LogP contribution is -2.43. The van der Waals surface area contributed by atoms with Gasteiger partial charge in [-0.05, 0) is 32.7 Å². The van der Waals surface area contributed by atoms with Crippen LogP contribution in [0.25, 0.3) is 0 Å². The van der Waals surface area contributed by atoms with Crippen LogP contribution in [0.5, 0.6) is 0 Å². The van der Waals surface area contributed by atoms with E-state index in [2.05, 4.69) is 44.3 Å². The molecule has 1 aromatic rings. The maximum atomic E-state index is 5.77. The molecular weight excluding hydrogens is 238 g/mol. The first kappa shape index (κ1) is 16.2. The Morgan fingerprint density at radius 1 is 1.37 bits per heavy atom. The second-order valence-electron chi connectivity index (χ2n) is 5.29. The molecule has 0 bridgehead atoms. The molecule has 0 aliphatic rings. The number of ether oxygens (including phenoxy) is 1. The Balaban J connectivity index is 2.94. The van der Waals surface area contributed by atoms with E-state index in [1.54, 1.807) is 7.11 Å². The highest BCUT2D eigenvalue weighted by molar-refractivity contribution is 5.15. The third kappa shape index (κ3) is 4.05. The fraction of sp³-hybridized carbons (Fsp3) is 0.800. The lowest BCUT2D eigenvalue weighted by Gasteiger charge is -2.36. The number of aromatic nitrogens is 2. The summed E-state index contributed by atoms with van der Waals surface area (Å²) in [4.78, 5) is 0. The topological polar surface area (TPSA) is 39.1 Å². The van der Waals surface area contributed by atoms with Crippen molar-refractivity contribution in [3.63, 3.8) is 0 Å². The van der Waals surface area contributed by atoms with E-state index < -0.39 is 0 Å². The van der Waals surface area contributed by atoms with Crippen molar-refractivity contribution in [2.24, 2.45) is 0 Å². The average Bonchev–Trinajstić information content (AvgIpc) is 2.87. The van der Waals surface area contributed by atoms with Crippen molar-refractivity contribution in [2.45, 2.75) is 65.1 Å².